The molecule has 2 aromatic carbocycles. The van der Waals surface area contributed by atoms with Crippen LogP contribution < -0.4 is 16.6 Å². The maximum atomic E-state index is 12.6. The van der Waals surface area contributed by atoms with Crippen molar-refractivity contribution in [2.75, 3.05) is 6.54 Å². The van der Waals surface area contributed by atoms with E-state index < -0.39 is 5.69 Å². The summed E-state index contributed by atoms with van der Waals surface area (Å²) in [5.74, 6) is -0.0946. The first kappa shape index (κ1) is 20.2. The number of halogens is 1. The van der Waals surface area contributed by atoms with E-state index in [1.165, 1.54) is 0 Å². The normalized spacial score (nSPS) is 11.2. The first-order valence-corrected chi connectivity index (χ1v) is 10.6. The quantitative estimate of drug-likeness (QED) is 0.388. The van der Waals surface area contributed by atoms with Gasteiger partial charge in [0.05, 0.1) is 10.9 Å². The van der Waals surface area contributed by atoms with Crippen LogP contribution in [0.25, 0.3) is 21.8 Å². The first-order chi connectivity index (χ1) is 14.5. The molecule has 0 aliphatic heterocycles. The van der Waals surface area contributed by atoms with Crippen molar-refractivity contribution in [1.82, 2.24) is 19.9 Å². The van der Waals surface area contributed by atoms with Crippen LogP contribution >= 0.6 is 15.9 Å². The molecule has 4 rings (SSSR count). The molecule has 0 saturated carbocycles. The molecule has 0 spiro atoms. The second kappa shape index (κ2) is 8.71. The number of hydrogen-bond acceptors (Lipinski definition) is 3. The van der Waals surface area contributed by atoms with Gasteiger partial charge in [0, 0.05) is 41.1 Å². The lowest BCUT2D eigenvalue weighted by atomic mass is 10.1. The smallest absolute Gasteiger partial charge is 0.328 e. The third-order valence-corrected chi connectivity index (χ3v) is 5.61. The Labute approximate surface area is 180 Å². The van der Waals surface area contributed by atoms with E-state index in [9.17, 15) is 14.4 Å². The van der Waals surface area contributed by atoms with E-state index in [0.717, 1.165) is 31.9 Å². The Morgan fingerprint density at radius 2 is 1.90 bits per heavy atom. The van der Waals surface area contributed by atoms with Gasteiger partial charge in [-0.2, -0.15) is 0 Å². The van der Waals surface area contributed by atoms with Crippen molar-refractivity contribution in [3.63, 3.8) is 0 Å². The summed E-state index contributed by atoms with van der Waals surface area (Å²) in [6.07, 6.45) is 3.35. The van der Waals surface area contributed by atoms with Gasteiger partial charge in [0.2, 0.25) is 5.91 Å². The van der Waals surface area contributed by atoms with Crippen LogP contribution in [0.3, 0.4) is 0 Å². The topological polar surface area (TPSA) is 99.8 Å². The van der Waals surface area contributed by atoms with Crippen LogP contribution in [-0.4, -0.2) is 27.0 Å². The summed E-state index contributed by atoms with van der Waals surface area (Å²) in [6, 6.07) is 13.2. The second-order valence-corrected chi connectivity index (χ2v) is 8.06. The number of carbonyl (C=O) groups excluding carboxylic acids is 1. The SMILES string of the molecule is O=C(CCCn1c(=O)[nH]c2ccc(Br)cc2c1=O)NCCc1c[nH]c2ccccc12. The van der Waals surface area contributed by atoms with Gasteiger partial charge >= 0.3 is 5.69 Å². The third-order valence-electron chi connectivity index (χ3n) is 5.12. The minimum absolute atomic E-state index is 0.0946. The first-order valence-electron chi connectivity index (χ1n) is 9.77. The highest BCUT2D eigenvalue weighted by Gasteiger charge is 2.09. The molecule has 3 N–H and O–H groups in total. The summed E-state index contributed by atoms with van der Waals surface area (Å²) in [6.45, 7) is 0.720. The van der Waals surface area contributed by atoms with Gasteiger partial charge < -0.3 is 15.3 Å². The largest absolute Gasteiger partial charge is 0.361 e. The lowest BCUT2D eigenvalue weighted by Gasteiger charge is -2.08. The zero-order valence-corrected chi connectivity index (χ0v) is 17.8. The standard InChI is InChI=1S/C22H21BrN4O3/c23-15-7-8-19-17(12-15)21(29)27(22(30)26-19)11-3-6-20(28)24-10-9-14-13-25-18-5-2-1-4-16(14)18/h1-2,4-5,7-8,12-13,25H,3,6,9-11H2,(H,24,28)(H,26,30). The number of para-hydroxylation sites is 1. The highest BCUT2D eigenvalue weighted by molar-refractivity contribution is 9.10. The highest BCUT2D eigenvalue weighted by atomic mass is 79.9. The zero-order chi connectivity index (χ0) is 21.1. The molecule has 8 heteroatoms. The summed E-state index contributed by atoms with van der Waals surface area (Å²) < 4.78 is 1.91. The van der Waals surface area contributed by atoms with Gasteiger partial charge in [0.15, 0.2) is 0 Å². The molecule has 154 valence electrons. The fourth-order valence-electron chi connectivity index (χ4n) is 3.59. The van der Waals surface area contributed by atoms with E-state index in [-0.39, 0.29) is 24.4 Å². The molecule has 30 heavy (non-hydrogen) atoms. The number of nitrogens with one attached hydrogen (secondary N) is 3. The number of aromatic amines is 2. The predicted octanol–water partition coefficient (Wildman–Crippen LogP) is 3.07. The van der Waals surface area contributed by atoms with Crippen molar-refractivity contribution < 1.29 is 4.79 Å². The number of fused-ring (bicyclic) bond motifs is 2. The number of benzene rings is 2. The Morgan fingerprint density at radius 3 is 2.77 bits per heavy atom. The van der Waals surface area contributed by atoms with Gasteiger partial charge in [0.1, 0.15) is 0 Å². The number of rotatable bonds is 7. The molecule has 0 radical (unpaired) electrons. The van der Waals surface area contributed by atoms with Gasteiger partial charge in [0.25, 0.3) is 5.56 Å². The molecule has 0 bridgehead atoms. The van der Waals surface area contributed by atoms with E-state index in [0.29, 0.717) is 23.9 Å². The number of nitrogens with zero attached hydrogens (tertiary/aromatic N) is 1. The van der Waals surface area contributed by atoms with E-state index in [4.69, 9.17) is 0 Å². The zero-order valence-electron chi connectivity index (χ0n) is 16.2. The van der Waals surface area contributed by atoms with Crippen LogP contribution in [0.5, 0.6) is 0 Å². The summed E-state index contributed by atoms with van der Waals surface area (Å²) in [5.41, 5.74) is 1.92. The van der Waals surface area contributed by atoms with Crippen LogP contribution in [-0.2, 0) is 17.8 Å². The van der Waals surface area contributed by atoms with E-state index in [1.54, 1.807) is 18.2 Å². The molecule has 7 nitrogen and oxygen atoms in total. The van der Waals surface area contributed by atoms with Gasteiger partial charge in [-0.25, -0.2) is 4.79 Å². The van der Waals surface area contributed by atoms with Crippen molar-refractivity contribution in [3.05, 3.63) is 79.5 Å². The molecule has 2 aromatic heterocycles. The number of hydrogen-bond donors (Lipinski definition) is 3. The average molecular weight is 469 g/mol. The van der Waals surface area contributed by atoms with Crippen LogP contribution in [0, 0.1) is 0 Å². The number of carbonyl (C=O) groups is 1. The maximum absolute atomic E-state index is 12.6. The van der Waals surface area contributed by atoms with Gasteiger partial charge in [-0.1, -0.05) is 34.1 Å². The molecule has 1 amide bonds. The van der Waals surface area contributed by atoms with Crippen molar-refractivity contribution in [1.29, 1.82) is 0 Å². The average Bonchev–Trinajstić information content (AvgIpc) is 3.14. The second-order valence-electron chi connectivity index (χ2n) is 7.14. The lowest BCUT2D eigenvalue weighted by Crippen LogP contribution is -2.35. The Morgan fingerprint density at radius 1 is 1.07 bits per heavy atom. The molecule has 2 heterocycles. The fraction of sp³-hybridized carbons (Fsp3) is 0.227. The van der Waals surface area contributed by atoms with Crippen LogP contribution in [0.15, 0.2) is 62.7 Å². The van der Waals surface area contributed by atoms with E-state index in [2.05, 4.69) is 37.3 Å². The Balaban J connectivity index is 1.31. The van der Waals surface area contributed by atoms with Gasteiger partial charge in [-0.05, 0) is 42.7 Å². The minimum atomic E-state index is -0.463. The Kier molecular flexibility index (Phi) is 5.85. The van der Waals surface area contributed by atoms with Crippen LogP contribution in [0.2, 0.25) is 0 Å². The van der Waals surface area contributed by atoms with Crippen molar-refractivity contribution in [3.8, 4) is 0 Å². The Bertz CT molecular complexity index is 1340. The molecule has 0 aliphatic rings. The van der Waals surface area contributed by atoms with Gasteiger partial charge in [-0.15, -0.1) is 0 Å². The summed E-state index contributed by atoms with van der Waals surface area (Å²) >= 11 is 3.34. The summed E-state index contributed by atoms with van der Waals surface area (Å²) in [4.78, 5) is 42.9. The molecular formula is C22H21BrN4O3. The summed E-state index contributed by atoms with van der Waals surface area (Å²) in [7, 11) is 0. The fourth-order valence-corrected chi connectivity index (χ4v) is 3.95. The van der Waals surface area contributed by atoms with Crippen LogP contribution in [0.4, 0.5) is 0 Å². The molecule has 0 fully saturated rings. The molecule has 4 aromatic rings. The van der Waals surface area contributed by atoms with Crippen molar-refractivity contribution in [2.24, 2.45) is 0 Å². The molecule has 0 saturated heterocycles. The van der Waals surface area contributed by atoms with Crippen molar-refractivity contribution in [2.45, 2.75) is 25.8 Å². The number of aromatic nitrogens is 3. The molecule has 0 unspecified atom stereocenters. The predicted molar refractivity (Wildman–Crippen MR) is 121 cm³/mol. The van der Waals surface area contributed by atoms with E-state index >= 15 is 0 Å². The Hall–Kier alpha value is -3.13. The highest BCUT2D eigenvalue weighted by Crippen LogP contribution is 2.17. The minimum Gasteiger partial charge on any atom is -0.361 e. The lowest BCUT2D eigenvalue weighted by molar-refractivity contribution is -0.121. The number of amides is 1. The molecular weight excluding hydrogens is 448 g/mol. The molecule has 0 atom stereocenters. The third kappa shape index (κ3) is 4.23. The van der Waals surface area contributed by atoms with Crippen LogP contribution in [0.1, 0.15) is 18.4 Å². The monoisotopic (exact) mass is 468 g/mol. The maximum Gasteiger partial charge on any atom is 0.328 e. The summed E-state index contributed by atoms with van der Waals surface area (Å²) in [5, 5.41) is 4.50. The van der Waals surface area contributed by atoms with Gasteiger partial charge in [-0.3, -0.25) is 14.2 Å². The number of H-pyrrole nitrogens is 2. The van der Waals surface area contributed by atoms with E-state index in [1.807, 2.05) is 24.4 Å². The molecule has 0 aliphatic carbocycles. The van der Waals surface area contributed by atoms with Crippen molar-refractivity contribution >= 4 is 43.6 Å².